The highest BCUT2D eigenvalue weighted by Gasteiger charge is 2.25. The Morgan fingerprint density at radius 1 is 0.278 bits per heavy atom. The van der Waals surface area contributed by atoms with Crippen LogP contribution in [0.5, 0.6) is 0 Å². The Morgan fingerprint density at radius 2 is 0.722 bits per heavy atom. The van der Waals surface area contributed by atoms with Crippen molar-refractivity contribution >= 4 is 43.6 Å². The van der Waals surface area contributed by atoms with Gasteiger partial charge in [0.2, 0.25) is 0 Å². The van der Waals surface area contributed by atoms with Gasteiger partial charge >= 0.3 is 0 Å². The Hall–Kier alpha value is -9.12. The van der Waals surface area contributed by atoms with Gasteiger partial charge in [0.25, 0.3) is 0 Å². The molecule has 0 atom stereocenters. The van der Waals surface area contributed by atoms with Gasteiger partial charge in [-0.3, -0.25) is 0 Å². The molecule has 0 N–H and O–H groups in total. The van der Waals surface area contributed by atoms with Crippen LogP contribution in [0.4, 0.5) is 0 Å². The Kier molecular flexibility index (Phi) is 10.4. The second-order valence-corrected chi connectivity index (χ2v) is 19.3. The van der Waals surface area contributed by atoms with Crippen LogP contribution in [0.3, 0.4) is 0 Å². The van der Waals surface area contributed by atoms with Crippen LogP contribution in [0.1, 0.15) is 22.3 Å². The summed E-state index contributed by atoms with van der Waals surface area (Å²) in [6, 6.07) is 84.0. The van der Waals surface area contributed by atoms with Gasteiger partial charge in [0.05, 0.1) is 44.8 Å². The minimum Gasteiger partial charge on any atom is -0.309 e. The molecule has 0 saturated heterocycles. The summed E-state index contributed by atoms with van der Waals surface area (Å²) in [4.78, 5) is 10.8. The molecule has 0 radical (unpaired) electrons. The van der Waals surface area contributed by atoms with Gasteiger partial charge in [-0.05, 0) is 105 Å². The fourth-order valence-electron chi connectivity index (χ4n) is 11.3. The quantitative estimate of drug-likeness (QED) is 0.152. The number of aromatic nitrogens is 4. The lowest BCUT2D eigenvalue weighted by molar-refractivity contribution is 1.15. The number of aryl methyl sites for hydroxylation is 4. The summed E-state index contributed by atoms with van der Waals surface area (Å²) < 4.78 is 4.95. The van der Waals surface area contributed by atoms with Crippen molar-refractivity contribution in [1.82, 2.24) is 19.1 Å². The maximum atomic E-state index is 5.51. The largest absolute Gasteiger partial charge is 0.309 e. The van der Waals surface area contributed by atoms with Gasteiger partial charge in [-0.25, -0.2) is 9.97 Å². The first-order chi connectivity index (χ1) is 35.3. The van der Waals surface area contributed by atoms with E-state index in [1.165, 1.54) is 66.1 Å². The lowest BCUT2D eigenvalue weighted by Gasteiger charge is -2.22. The molecule has 0 saturated carbocycles. The van der Waals surface area contributed by atoms with E-state index in [0.717, 1.165) is 72.6 Å². The minimum atomic E-state index is 0.675. The molecule has 0 aliphatic rings. The molecule has 13 aromatic rings. The highest BCUT2D eigenvalue weighted by Crippen LogP contribution is 2.46. The van der Waals surface area contributed by atoms with E-state index in [0.29, 0.717) is 5.82 Å². The van der Waals surface area contributed by atoms with Crippen molar-refractivity contribution in [3.05, 3.63) is 253 Å². The SMILES string of the molecule is Cc1cc(C)cc(-c2ccc3c(c2)c2ccccc2n3-c2ccccc2-c2c(-c3cc(-c4ccccc4)nc(-c4ccccc4)n3)cccc2-n2c3ccccc3c3cc(-c4cc(C)cc(C)c4)ccc32)c1. The summed E-state index contributed by atoms with van der Waals surface area (Å²) >= 11 is 0. The van der Waals surface area contributed by atoms with E-state index in [9.17, 15) is 0 Å². The number of fused-ring (bicyclic) bond motifs is 6. The number of para-hydroxylation sites is 3. The summed E-state index contributed by atoms with van der Waals surface area (Å²) in [5, 5.41) is 4.82. The van der Waals surface area contributed by atoms with Crippen molar-refractivity contribution in [3.8, 4) is 78.7 Å². The molecule has 3 aromatic heterocycles. The average Bonchev–Trinajstić information content (AvgIpc) is 3.92. The number of hydrogen-bond acceptors (Lipinski definition) is 2. The lowest BCUT2D eigenvalue weighted by atomic mass is 9.93. The first-order valence-electron chi connectivity index (χ1n) is 24.8. The first kappa shape index (κ1) is 42.9. The van der Waals surface area contributed by atoms with Crippen molar-refractivity contribution in [1.29, 1.82) is 0 Å². The van der Waals surface area contributed by atoms with Gasteiger partial charge in [-0.1, -0.05) is 198 Å². The van der Waals surface area contributed by atoms with Gasteiger partial charge in [-0.15, -0.1) is 0 Å². The minimum absolute atomic E-state index is 0.675. The topological polar surface area (TPSA) is 35.6 Å². The van der Waals surface area contributed by atoms with E-state index in [2.05, 4.69) is 261 Å². The maximum Gasteiger partial charge on any atom is 0.160 e. The molecule has 0 fully saturated rings. The Balaban J connectivity index is 1.12. The third-order valence-electron chi connectivity index (χ3n) is 14.3. The van der Waals surface area contributed by atoms with E-state index >= 15 is 0 Å². The van der Waals surface area contributed by atoms with Crippen LogP contribution in [-0.4, -0.2) is 19.1 Å². The van der Waals surface area contributed by atoms with Crippen LogP contribution in [-0.2, 0) is 0 Å². The molecule has 0 amide bonds. The lowest BCUT2D eigenvalue weighted by Crippen LogP contribution is -2.04. The molecule has 0 unspecified atom stereocenters. The molecule has 13 rings (SSSR count). The molecule has 4 nitrogen and oxygen atoms in total. The molecule has 4 heteroatoms. The third-order valence-corrected chi connectivity index (χ3v) is 14.3. The van der Waals surface area contributed by atoms with E-state index < -0.39 is 0 Å². The van der Waals surface area contributed by atoms with E-state index in [4.69, 9.17) is 9.97 Å². The highest BCUT2D eigenvalue weighted by molar-refractivity contribution is 6.13. The normalized spacial score (nSPS) is 11.6. The summed E-state index contributed by atoms with van der Waals surface area (Å²) in [5.41, 5.74) is 23.5. The number of rotatable bonds is 8. The zero-order valence-corrected chi connectivity index (χ0v) is 40.7. The van der Waals surface area contributed by atoms with Crippen LogP contribution >= 0.6 is 0 Å². The molecular weight excluding hydrogens is 873 g/mol. The fourth-order valence-corrected chi connectivity index (χ4v) is 11.3. The predicted octanol–water partition coefficient (Wildman–Crippen LogP) is 17.9. The van der Waals surface area contributed by atoms with Crippen LogP contribution in [0.2, 0.25) is 0 Å². The van der Waals surface area contributed by atoms with Gasteiger partial charge in [-0.2, -0.15) is 0 Å². The van der Waals surface area contributed by atoms with Gasteiger partial charge in [0.15, 0.2) is 5.82 Å². The highest BCUT2D eigenvalue weighted by atomic mass is 15.0. The van der Waals surface area contributed by atoms with Crippen molar-refractivity contribution < 1.29 is 0 Å². The molecule has 10 aromatic carbocycles. The zero-order chi connectivity index (χ0) is 48.5. The Morgan fingerprint density at radius 3 is 1.31 bits per heavy atom. The fraction of sp³-hybridized carbons (Fsp3) is 0.0588. The van der Waals surface area contributed by atoms with Gasteiger partial charge in [0, 0.05) is 49.4 Å². The molecule has 72 heavy (non-hydrogen) atoms. The smallest absolute Gasteiger partial charge is 0.160 e. The Bertz CT molecular complexity index is 4150. The summed E-state index contributed by atoms with van der Waals surface area (Å²) in [5.74, 6) is 0.675. The average molecular weight is 923 g/mol. The van der Waals surface area contributed by atoms with Crippen LogP contribution < -0.4 is 0 Å². The van der Waals surface area contributed by atoms with Crippen LogP contribution in [0, 0.1) is 27.7 Å². The number of nitrogens with zero attached hydrogens (tertiary/aromatic N) is 4. The summed E-state index contributed by atoms with van der Waals surface area (Å²) in [7, 11) is 0. The summed E-state index contributed by atoms with van der Waals surface area (Å²) in [6.45, 7) is 8.72. The zero-order valence-electron chi connectivity index (χ0n) is 40.7. The molecule has 342 valence electrons. The second kappa shape index (κ2) is 17.4. The van der Waals surface area contributed by atoms with E-state index in [1.807, 2.05) is 6.07 Å². The molecule has 0 aliphatic heterocycles. The maximum absolute atomic E-state index is 5.51. The van der Waals surface area contributed by atoms with Crippen molar-refractivity contribution in [2.24, 2.45) is 0 Å². The number of benzene rings is 10. The molecule has 0 bridgehead atoms. The van der Waals surface area contributed by atoms with Crippen molar-refractivity contribution in [2.45, 2.75) is 27.7 Å². The number of hydrogen-bond donors (Lipinski definition) is 0. The van der Waals surface area contributed by atoms with Crippen molar-refractivity contribution in [3.63, 3.8) is 0 Å². The predicted molar refractivity (Wildman–Crippen MR) is 302 cm³/mol. The molecule has 3 heterocycles. The molecular formula is C68H50N4. The van der Waals surface area contributed by atoms with Gasteiger partial charge < -0.3 is 9.13 Å². The van der Waals surface area contributed by atoms with Crippen LogP contribution in [0.15, 0.2) is 231 Å². The summed E-state index contributed by atoms with van der Waals surface area (Å²) in [6.07, 6.45) is 0. The van der Waals surface area contributed by atoms with Crippen LogP contribution in [0.25, 0.3) is 122 Å². The van der Waals surface area contributed by atoms with Gasteiger partial charge in [0.1, 0.15) is 0 Å². The third kappa shape index (κ3) is 7.39. The second-order valence-electron chi connectivity index (χ2n) is 19.3. The van der Waals surface area contributed by atoms with E-state index in [1.54, 1.807) is 0 Å². The molecule has 0 aliphatic carbocycles. The Labute approximate surface area is 419 Å². The van der Waals surface area contributed by atoms with Crippen molar-refractivity contribution in [2.75, 3.05) is 0 Å². The first-order valence-corrected chi connectivity index (χ1v) is 24.8. The van der Waals surface area contributed by atoms with E-state index in [-0.39, 0.29) is 0 Å². The standard InChI is InChI=1S/C68H50N4/c1-43-34-44(2)37-51(36-43)49-30-32-64-57(40-49)53-22-11-14-26-61(53)71(64)63-28-16-13-24-56(63)67-55(60-42-59(47-18-7-5-8-19-47)69-68(70-60)48-20-9-6-10-21-48)25-17-29-66(67)72-62-27-15-12-23-54(62)58-41-50(31-33-65(58)72)52-38-45(3)35-46(4)39-52/h5-42H,1-4H3. The molecule has 0 spiro atoms. The monoisotopic (exact) mass is 922 g/mol.